The second-order valence-corrected chi connectivity index (χ2v) is 20.8. The fraction of sp³-hybridized carbons (Fsp3) is 0.0541. The minimum atomic E-state index is -0.523. The van der Waals surface area contributed by atoms with Gasteiger partial charge in [0.1, 0.15) is 0 Å². The molecule has 0 saturated heterocycles. The molecule has 12 aromatic rings. The third-order valence-corrected chi connectivity index (χ3v) is 16.3. The Morgan fingerprint density at radius 3 is 1.33 bits per heavy atom. The van der Waals surface area contributed by atoms with Gasteiger partial charge in [-0.25, -0.2) is 0 Å². The van der Waals surface area contributed by atoms with E-state index in [1.165, 1.54) is 111 Å². The number of fused-ring (bicyclic) bond motifs is 7. The number of nitrogens with zero attached hydrogens (tertiary/aromatic N) is 1. The van der Waals surface area contributed by atoms with Gasteiger partial charge in [0.2, 0.25) is 0 Å². The van der Waals surface area contributed by atoms with Crippen molar-refractivity contribution < 1.29 is 0 Å². The highest BCUT2D eigenvalue weighted by atomic mass is 15.1. The van der Waals surface area contributed by atoms with E-state index >= 15 is 0 Å². The zero-order chi connectivity index (χ0) is 50.1. The SMILES string of the molecule is CC1(C)c2ccccc2-c2ccc(-c3ccc(N(c4ccc(-c5cccc(-c6cccc(-c7ccc8ccccc8c7)c6)c5)cc4)c4cccc5c4-c4ccccc4C5(c4ccccc4)c4ccccc4)cc3)cc21. The Bertz CT molecular complexity index is 4090. The van der Waals surface area contributed by atoms with Crippen molar-refractivity contribution in [2.45, 2.75) is 24.7 Å². The smallest absolute Gasteiger partial charge is 0.0714 e. The van der Waals surface area contributed by atoms with E-state index in [4.69, 9.17) is 0 Å². The lowest BCUT2D eigenvalue weighted by molar-refractivity contribution is 0.660. The predicted molar refractivity (Wildman–Crippen MR) is 315 cm³/mol. The van der Waals surface area contributed by atoms with Crippen LogP contribution in [0.5, 0.6) is 0 Å². The molecule has 0 radical (unpaired) electrons. The van der Waals surface area contributed by atoms with E-state index in [0.29, 0.717) is 0 Å². The van der Waals surface area contributed by atoms with Gasteiger partial charge in [-0.3, -0.25) is 0 Å². The molecular weight excluding hydrogens is 903 g/mol. The van der Waals surface area contributed by atoms with Crippen LogP contribution in [-0.4, -0.2) is 0 Å². The summed E-state index contributed by atoms with van der Waals surface area (Å²) < 4.78 is 0. The molecule has 1 heteroatoms. The standard InChI is InChI=1S/C74H53N/c1-73(2)67-30-13-11-28-64(67)65-45-40-59(49-70(65)73)52-38-43-63(44-39-52)75(71-33-17-32-69-72(71)66-29-12-14-31-68(66)74(69,60-24-5-3-6-25-60)61-26-7-4-8-27-61)62-41-36-51(37-42-62)54-20-15-21-55(46-54)56-22-16-23-57(48-56)58-35-34-50-18-9-10-19-53(50)47-58/h3-49H,1-2H3. The largest absolute Gasteiger partial charge is 0.310 e. The van der Waals surface area contributed by atoms with Crippen LogP contribution in [0.2, 0.25) is 0 Å². The van der Waals surface area contributed by atoms with Crippen molar-refractivity contribution in [1.29, 1.82) is 0 Å². The number of rotatable bonds is 9. The van der Waals surface area contributed by atoms with Gasteiger partial charge in [0.05, 0.1) is 11.1 Å². The molecule has 354 valence electrons. The van der Waals surface area contributed by atoms with Crippen LogP contribution in [0.4, 0.5) is 17.1 Å². The lowest BCUT2D eigenvalue weighted by atomic mass is 9.68. The highest BCUT2D eigenvalue weighted by molar-refractivity contribution is 5.98. The van der Waals surface area contributed by atoms with E-state index in [9.17, 15) is 0 Å². The van der Waals surface area contributed by atoms with Crippen LogP contribution in [-0.2, 0) is 10.8 Å². The monoisotopic (exact) mass is 955 g/mol. The highest BCUT2D eigenvalue weighted by Crippen LogP contribution is 2.59. The second-order valence-electron chi connectivity index (χ2n) is 20.8. The average molecular weight is 956 g/mol. The summed E-state index contributed by atoms with van der Waals surface area (Å²) in [6.45, 7) is 4.72. The van der Waals surface area contributed by atoms with Crippen molar-refractivity contribution in [3.63, 3.8) is 0 Å². The van der Waals surface area contributed by atoms with Crippen molar-refractivity contribution in [3.8, 4) is 66.8 Å². The minimum absolute atomic E-state index is 0.0750. The molecule has 0 bridgehead atoms. The molecule has 14 rings (SSSR count). The molecule has 0 aromatic heterocycles. The molecule has 0 atom stereocenters. The summed E-state index contributed by atoms with van der Waals surface area (Å²) in [6, 6.07) is 106. The summed E-state index contributed by atoms with van der Waals surface area (Å²) in [5, 5.41) is 2.51. The Kier molecular flexibility index (Phi) is 10.5. The average Bonchev–Trinajstić information content (AvgIpc) is 4.08. The van der Waals surface area contributed by atoms with Crippen LogP contribution in [0.15, 0.2) is 285 Å². The van der Waals surface area contributed by atoms with Crippen molar-refractivity contribution >= 4 is 27.8 Å². The lowest BCUT2D eigenvalue weighted by Gasteiger charge is -2.34. The maximum Gasteiger partial charge on any atom is 0.0714 e. The van der Waals surface area contributed by atoms with Gasteiger partial charge in [-0.2, -0.15) is 0 Å². The Balaban J connectivity index is 0.886. The fourth-order valence-electron chi connectivity index (χ4n) is 12.7. The Hall–Kier alpha value is -9.30. The summed E-state index contributed by atoms with van der Waals surface area (Å²) in [4.78, 5) is 2.48. The third kappa shape index (κ3) is 7.22. The van der Waals surface area contributed by atoms with Crippen LogP contribution < -0.4 is 4.90 Å². The van der Waals surface area contributed by atoms with Gasteiger partial charge >= 0.3 is 0 Å². The summed E-state index contributed by atoms with van der Waals surface area (Å²) >= 11 is 0. The molecular formula is C74H53N. The number of hydrogen-bond acceptors (Lipinski definition) is 1. The summed E-state index contributed by atoms with van der Waals surface area (Å²) in [5.74, 6) is 0. The summed E-state index contributed by atoms with van der Waals surface area (Å²) in [5.41, 5.74) is 25.3. The number of anilines is 3. The van der Waals surface area contributed by atoms with Crippen LogP contribution in [0, 0.1) is 0 Å². The van der Waals surface area contributed by atoms with Gasteiger partial charge < -0.3 is 4.90 Å². The zero-order valence-corrected chi connectivity index (χ0v) is 42.1. The summed E-state index contributed by atoms with van der Waals surface area (Å²) in [6.07, 6.45) is 0. The molecule has 0 fully saturated rings. The molecule has 0 heterocycles. The van der Waals surface area contributed by atoms with Crippen molar-refractivity contribution in [2.24, 2.45) is 0 Å². The number of hydrogen-bond donors (Lipinski definition) is 0. The van der Waals surface area contributed by atoms with Crippen LogP contribution in [0.25, 0.3) is 77.5 Å². The molecule has 0 unspecified atom stereocenters. The molecule has 2 aliphatic carbocycles. The normalized spacial score (nSPS) is 13.4. The minimum Gasteiger partial charge on any atom is -0.310 e. The Morgan fingerprint density at radius 2 is 0.707 bits per heavy atom. The molecule has 0 N–H and O–H groups in total. The van der Waals surface area contributed by atoms with Crippen molar-refractivity contribution in [3.05, 3.63) is 318 Å². The van der Waals surface area contributed by atoms with Gasteiger partial charge in [0.25, 0.3) is 0 Å². The van der Waals surface area contributed by atoms with Crippen LogP contribution in [0.1, 0.15) is 47.2 Å². The lowest BCUT2D eigenvalue weighted by Crippen LogP contribution is -2.28. The van der Waals surface area contributed by atoms with Gasteiger partial charge in [-0.15, -0.1) is 0 Å². The van der Waals surface area contributed by atoms with E-state index in [0.717, 1.165) is 17.1 Å². The highest BCUT2D eigenvalue weighted by Gasteiger charge is 2.47. The van der Waals surface area contributed by atoms with E-state index in [1.807, 2.05) is 0 Å². The third-order valence-electron chi connectivity index (χ3n) is 16.3. The number of benzene rings is 12. The maximum atomic E-state index is 2.48. The van der Waals surface area contributed by atoms with Crippen LogP contribution >= 0.6 is 0 Å². The maximum absolute atomic E-state index is 2.48. The Labute approximate surface area is 440 Å². The van der Waals surface area contributed by atoms with Gasteiger partial charge in [0.15, 0.2) is 0 Å². The van der Waals surface area contributed by atoms with Gasteiger partial charge in [0, 0.05) is 22.4 Å². The molecule has 0 spiro atoms. The van der Waals surface area contributed by atoms with Crippen molar-refractivity contribution in [2.75, 3.05) is 4.90 Å². The molecule has 0 amide bonds. The molecule has 12 aromatic carbocycles. The first-order chi connectivity index (χ1) is 36.9. The second kappa shape index (κ2) is 17.7. The van der Waals surface area contributed by atoms with Gasteiger partial charge in [-0.05, 0) is 160 Å². The van der Waals surface area contributed by atoms with Crippen LogP contribution in [0.3, 0.4) is 0 Å². The molecule has 2 aliphatic rings. The first-order valence-electron chi connectivity index (χ1n) is 26.2. The first kappa shape index (κ1) is 44.4. The van der Waals surface area contributed by atoms with E-state index in [-0.39, 0.29) is 5.41 Å². The van der Waals surface area contributed by atoms with Crippen molar-refractivity contribution in [1.82, 2.24) is 0 Å². The van der Waals surface area contributed by atoms with E-state index in [2.05, 4.69) is 304 Å². The topological polar surface area (TPSA) is 3.24 Å². The quantitative estimate of drug-likeness (QED) is 0.139. The van der Waals surface area contributed by atoms with Gasteiger partial charge in [-0.1, -0.05) is 244 Å². The predicted octanol–water partition coefficient (Wildman–Crippen LogP) is 19.6. The fourth-order valence-corrected chi connectivity index (χ4v) is 12.7. The summed E-state index contributed by atoms with van der Waals surface area (Å²) in [7, 11) is 0. The first-order valence-corrected chi connectivity index (χ1v) is 26.2. The molecule has 75 heavy (non-hydrogen) atoms. The Morgan fingerprint density at radius 1 is 0.267 bits per heavy atom. The molecule has 0 saturated carbocycles. The van der Waals surface area contributed by atoms with E-state index < -0.39 is 5.41 Å². The molecule has 0 aliphatic heterocycles. The zero-order valence-electron chi connectivity index (χ0n) is 42.1. The van der Waals surface area contributed by atoms with E-state index in [1.54, 1.807) is 0 Å². The molecule has 1 nitrogen and oxygen atoms in total.